The van der Waals surface area contributed by atoms with Crippen molar-refractivity contribution in [1.29, 1.82) is 0 Å². The highest BCUT2D eigenvalue weighted by Gasteiger charge is 2.28. The molecule has 9 heteroatoms. The third-order valence-electron chi connectivity index (χ3n) is 3.84. The Hall–Kier alpha value is -2.48. The number of sulfonamides is 1. The Kier molecular flexibility index (Phi) is 6.28. The Morgan fingerprint density at radius 3 is 2.46 bits per heavy atom. The Morgan fingerprint density at radius 1 is 1.04 bits per heavy atom. The first-order valence-corrected chi connectivity index (χ1v) is 10.4. The summed E-state index contributed by atoms with van der Waals surface area (Å²) in [6.07, 6.45) is 1.49. The molecule has 0 aliphatic carbocycles. The Morgan fingerprint density at radius 2 is 1.79 bits per heavy atom. The molecule has 0 spiro atoms. The van der Waals surface area contributed by atoms with Crippen molar-refractivity contribution >= 4 is 44.8 Å². The van der Waals surface area contributed by atoms with Crippen molar-refractivity contribution < 1.29 is 17.6 Å². The van der Waals surface area contributed by atoms with E-state index >= 15 is 0 Å². The van der Waals surface area contributed by atoms with Crippen LogP contribution in [0.4, 0.5) is 5.69 Å². The van der Waals surface area contributed by atoms with Crippen LogP contribution in [0.5, 0.6) is 0 Å². The Balaban J connectivity index is 1.93. The molecular weight excluding hydrogens is 423 g/mol. The molecular formula is C19H16Cl2N2O4S. The second kappa shape index (κ2) is 8.68. The van der Waals surface area contributed by atoms with Crippen molar-refractivity contribution in [3.8, 4) is 0 Å². The summed E-state index contributed by atoms with van der Waals surface area (Å²) in [5.74, 6) is 0.0264. The molecule has 1 amide bonds. The zero-order chi connectivity index (χ0) is 20.1. The molecule has 1 N–H and O–H groups in total. The number of benzene rings is 2. The van der Waals surface area contributed by atoms with Gasteiger partial charge in [-0.3, -0.25) is 9.10 Å². The lowest BCUT2D eigenvalue weighted by molar-refractivity contribution is -0.119. The lowest BCUT2D eigenvalue weighted by Gasteiger charge is -2.25. The van der Waals surface area contributed by atoms with Crippen LogP contribution >= 0.6 is 23.2 Å². The number of nitrogens with zero attached hydrogens (tertiary/aromatic N) is 1. The second-order valence-corrected chi connectivity index (χ2v) is 8.48. The fourth-order valence-electron chi connectivity index (χ4n) is 2.48. The van der Waals surface area contributed by atoms with E-state index in [1.54, 1.807) is 30.3 Å². The van der Waals surface area contributed by atoms with Crippen LogP contribution in [-0.2, 0) is 21.4 Å². The average molecular weight is 439 g/mol. The fourth-order valence-corrected chi connectivity index (χ4v) is 4.37. The predicted molar refractivity (Wildman–Crippen MR) is 108 cm³/mol. The molecule has 0 atom stereocenters. The van der Waals surface area contributed by atoms with E-state index in [0.717, 1.165) is 4.31 Å². The molecule has 0 fully saturated rings. The first kappa shape index (κ1) is 20.3. The summed E-state index contributed by atoms with van der Waals surface area (Å²) in [7, 11) is -4.05. The lowest BCUT2D eigenvalue weighted by atomic mass is 10.3. The number of rotatable bonds is 7. The summed E-state index contributed by atoms with van der Waals surface area (Å²) in [6.45, 7) is -0.341. The maximum absolute atomic E-state index is 13.2. The number of carbonyl (C=O) groups excluding carboxylic acids is 1. The number of hydrogen-bond donors (Lipinski definition) is 1. The quantitative estimate of drug-likeness (QED) is 0.601. The summed E-state index contributed by atoms with van der Waals surface area (Å²) in [5.41, 5.74) is 0.117. The van der Waals surface area contributed by atoms with Crippen LogP contribution in [0.3, 0.4) is 0 Å². The van der Waals surface area contributed by atoms with Crippen molar-refractivity contribution in [3.63, 3.8) is 0 Å². The molecule has 3 aromatic rings. The normalized spacial score (nSPS) is 11.2. The van der Waals surface area contributed by atoms with E-state index < -0.39 is 22.5 Å². The maximum atomic E-state index is 13.2. The summed E-state index contributed by atoms with van der Waals surface area (Å²) in [6, 6.07) is 15.6. The van der Waals surface area contributed by atoms with Crippen LogP contribution in [0.15, 0.2) is 76.2 Å². The maximum Gasteiger partial charge on any atom is 0.264 e. The number of nitrogens with one attached hydrogen (secondary N) is 1. The van der Waals surface area contributed by atoms with Gasteiger partial charge in [-0.2, -0.15) is 0 Å². The van der Waals surface area contributed by atoms with Crippen molar-refractivity contribution in [3.05, 3.63) is 82.7 Å². The van der Waals surface area contributed by atoms with Gasteiger partial charge in [0.05, 0.1) is 28.4 Å². The van der Waals surface area contributed by atoms with Gasteiger partial charge >= 0.3 is 0 Å². The average Bonchev–Trinajstić information content (AvgIpc) is 3.21. The van der Waals surface area contributed by atoms with Gasteiger partial charge in [0.2, 0.25) is 5.91 Å². The smallest absolute Gasteiger partial charge is 0.264 e. The summed E-state index contributed by atoms with van der Waals surface area (Å²) in [4.78, 5) is 12.5. The minimum atomic E-state index is -4.05. The molecule has 0 unspecified atom stereocenters. The number of carbonyl (C=O) groups is 1. The van der Waals surface area contributed by atoms with Crippen LogP contribution in [0.25, 0.3) is 0 Å². The van der Waals surface area contributed by atoms with Gasteiger partial charge in [0.1, 0.15) is 12.3 Å². The topological polar surface area (TPSA) is 79.6 Å². The molecule has 146 valence electrons. The minimum absolute atomic E-state index is 0.0323. The first-order chi connectivity index (χ1) is 13.4. The Labute approximate surface area is 172 Å². The number of halogens is 2. The standard InChI is InChI=1S/C19H16Cl2N2O4S/c20-14-8-9-17(21)18(11-14)23(28(25,26)16-6-2-1-3-7-16)13-19(24)22-12-15-5-4-10-27-15/h1-11H,12-13H2,(H,22,24). The number of furan rings is 1. The zero-order valence-electron chi connectivity index (χ0n) is 14.5. The highest BCUT2D eigenvalue weighted by molar-refractivity contribution is 7.92. The monoisotopic (exact) mass is 438 g/mol. The van der Waals surface area contributed by atoms with Crippen LogP contribution in [0, 0.1) is 0 Å². The molecule has 2 aromatic carbocycles. The molecule has 0 radical (unpaired) electrons. The first-order valence-electron chi connectivity index (χ1n) is 8.20. The van der Waals surface area contributed by atoms with E-state index in [4.69, 9.17) is 27.6 Å². The number of anilines is 1. The molecule has 1 heterocycles. The van der Waals surface area contributed by atoms with Crippen LogP contribution < -0.4 is 9.62 Å². The van der Waals surface area contributed by atoms with Gasteiger partial charge in [-0.15, -0.1) is 0 Å². The molecule has 0 saturated heterocycles. The highest BCUT2D eigenvalue weighted by Crippen LogP contribution is 2.32. The van der Waals surface area contributed by atoms with Crippen LogP contribution in [-0.4, -0.2) is 20.9 Å². The van der Waals surface area contributed by atoms with E-state index in [1.165, 1.54) is 36.6 Å². The molecule has 28 heavy (non-hydrogen) atoms. The van der Waals surface area contributed by atoms with Gasteiger partial charge in [0, 0.05) is 5.02 Å². The fraction of sp³-hybridized carbons (Fsp3) is 0.105. The zero-order valence-corrected chi connectivity index (χ0v) is 16.8. The summed E-state index contributed by atoms with van der Waals surface area (Å²) in [5, 5.41) is 3.08. The van der Waals surface area contributed by atoms with E-state index in [1.807, 2.05) is 0 Å². The van der Waals surface area contributed by atoms with E-state index in [9.17, 15) is 13.2 Å². The van der Waals surface area contributed by atoms with Gasteiger partial charge < -0.3 is 9.73 Å². The van der Waals surface area contributed by atoms with Crippen molar-refractivity contribution in [1.82, 2.24) is 5.32 Å². The van der Waals surface area contributed by atoms with Crippen molar-refractivity contribution in [2.24, 2.45) is 0 Å². The van der Waals surface area contributed by atoms with Gasteiger partial charge in [-0.05, 0) is 42.5 Å². The molecule has 0 bridgehead atoms. The van der Waals surface area contributed by atoms with Crippen LogP contribution in [0.2, 0.25) is 10.0 Å². The minimum Gasteiger partial charge on any atom is -0.467 e. The largest absolute Gasteiger partial charge is 0.467 e. The van der Waals surface area contributed by atoms with Crippen molar-refractivity contribution in [2.45, 2.75) is 11.4 Å². The molecule has 6 nitrogen and oxygen atoms in total. The number of amides is 1. The molecule has 1 aromatic heterocycles. The molecule has 0 aliphatic heterocycles. The molecule has 0 aliphatic rings. The van der Waals surface area contributed by atoms with Crippen molar-refractivity contribution in [2.75, 3.05) is 10.8 Å². The summed E-state index contributed by atoms with van der Waals surface area (Å²) < 4.78 is 32.5. The highest BCUT2D eigenvalue weighted by atomic mass is 35.5. The third-order valence-corrected chi connectivity index (χ3v) is 6.16. The van der Waals surface area contributed by atoms with Gasteiger partial charge in [0.25, 0.3) is 10.0 Å². The van der Waals surface area contributed by atoms with Gasteiger partial charge in [0.15, 0.2) is 0 Å². The SMILES string of the molecule is O=C(CN(c1cc(Cl)ccc1Cl)S(=O)(=O)c1ccccc1)NCc1ccco1. The number of hydrogen-bond acceptors (Lipinski definition) is 4. The van der Waals surface area contributed by atoms with E-state index in [0.29, 0.717) is 10.8 Å². The van der Waals surface area contributed by atoms with Gasteiger partial charge in [-0.1, -0.05) is 41.4 Å². The third kappa shape index (κ3) is 4.67. The second-order valence-electron chi connectivity index (χ2n) is 5.78. The summed E-state index contributed by atoms with van der Waals surface area (Å²) >= 11 is 12.2. The predicted octanol–water partition coefficient (Wildman–Crippen LogP) is 4.10. The van der Waals surface area contributed by atoms with E-state index in [2.05, 4.69) is 5.32 Å². The van der Waals surface area contributed by atoms with E-state index in [-0.39, 0.29) is 22.2 Å². The molecule has 0 saturated carbocycles. The Bertz CT molecular complexity index is 1050. The lowest BCUT2D eigenvalue weighted by Crippen LogP contribution is -2.40. The van der Waals surface area contributed by atoms with Gasteiger partial charge in [-0.25, -0.2) is 8.42 Å². The van der Waals surface area contributed by atoms with Crippen LogP contribution in [0.1, 0.15) is 5.76 Å². The molecule has 3 rings (SSSR count).